The Kier molecular flexibility index (Phi) is 7.90. The van der Waals surface area contributed by atoms with Gasteiger partial charge in [-0.05, 0) is 103 Å². The SMILES string of the molecule is CC1(C)c2ccccc2-c2ccc(N(c3ccccc3)c3cc4c(oc5cccc(-c6cccc7c6C(c6ccccc6)(c6ccccc6)c6ccccc6-7)c54)c4ccccc34)cc21. The predicted octanol–water partition coefficient (Wildman–Crippen LogP) is 16.5. The number of fused-ring (bicyclic) bond motifs is 11. The van der Waals surface area contributed by atoms with Gasteiger partial charge in [-0.2, -0.15) is 0 Å². The fourth-order valence-electron chi connectivity index (χ4n) is 11.6. The molecule has 13 rings (SSSR count). The van der Waals surface area contributed by atoms with Crippen LogP contribution in [0, 0.1) is 0 Å². The van der Waals surface area contributed by atoms with Crippen LogP contribution < -0.4 is 4.90 Å². The molecule has 302 valence electrons. The zero-order valence-electron chi connectivity index (χ0n) is 35.7. The van der Waals surface area contributed by atoms with Gasteiger partial charge in [-0.3, -0.25) is 0 Å². The highest BCUT2D eigenvalue weighted by atomic mass is 16.3. The quantitative estimate of drug-likeness (QED) is 0.166. The molecule has 11 aromatic rings. The highest BCUT2D eigenvalue weighted by Crippen LogP contribution is 2.60. The van der Waals surface area contributed by atoms with E-state index in [0.29, 0.717) is 0 Å². The van der Waals surface area contributed by atoms with Crippen LogP contribution in [0.1, 0.15) is 47.2 Å². The minimum atomic E-state index is -0.560. The van der Waals surface area contributed by atoms with Gasteiger partial charge in [-0.15, -0.1) is 0 Å². The molecule has 10 aromatic carbocycles. The Morgan fingerprint density at radius 1 is 0.375 bits per heavy atom. The van der Waals surface area contributed by atoms with Crippen molar-refractivity contribution in [1.29, 1.82) is 0 Å². The van der Waals surface area contributed by atoms with E-state index < -0.39 is 5.41 Å². The molecule has 0 spiro atoms. The Bertz CT molecular complexity index is 3600. The lowest BCUT2D eigenvalue weighted by atomic mass is 9.66. The zero-order chi connectivity index (χ0) is 42.6. The lowest BCUT2D eigenvalue weighted by Gasteiger charge is -2.35. The molecular weight excluding hydrogens is 775 g/mol. The van der Waals surface area contributed by atoms with Crippen LogP contribution in [0.5, 0.6) is 0 Å². The van der Waals surface area contributed by atoms with E-state index >= 15 is 0 Å². The first kappa shape index (κ1) is 36.7. The summed E-state index contributed by atoms with van der Waals surface area (Å²) >= 11 is 0. The first-order valence-electron chi connectivity index (χ1n) is 22.3. The first-order valence-corrected chi connectivity index (χ1v) is 22.3. The van der Waals surface area contributed by atoms with Crippen LogP contribution in [0.3, 0.4) is 0 Å². The third kappa shape index (κ3) is 5.02. The van der Waals surface area contributed by atoms with Crippen LogP contribution >= 0.6 is 0 Å². The van der Waals surface area contributed by atoms with Gasteiger partial charge in [0.1, 0.15) is 11.2 Å². The maximum atomic E-state index is 7.08. The average Bonchev–Trinajstić information content (AvgIpc) is 3.97. The van der Waals surface area contributed by atoms with Crippen molar-refractivity contribution in [2.45, 2.75) is 24.7 Å². The van der Waals surface area contributed by atoms with Crippen LogP contribution in [0.4, 0.5) is 17.1 Å². The van der Waals surface area contributed by atoms with Gasteiger partial charge in [0.15, 0.2) is 0 Å². The summed E-state index contributed by atoms with van der Waals surface area (Å²) in [5.41, 5.74) is 19.7. The number of para-hydroxylation sites is 1. The van der Waals surface area contributed by atoms with Gasteiger partial charge in [0.2, 0.25) is 0 Å². The van der Waals surface area contributed by atoms with Crippen LogP contribution in [0.25, 0.3) is 66.1 Å². The van der Waals surface area contributed by atoms with Crippen molar-refractivity contribution >= 4 is 49.8 Å². The number of anilines is 3. The van der Waals surface area contributed by atoms with Crippen LogP contribution in [-0.4, -0.2) is 0 Å². The maximum Gasteiger partial charge on any atom is 0.143 e. The van der Waals surface area contributed by atoms with Gasteiger partial charge in [0, 0.05) is 38.3 Å². The molecule has 0 N–H and O–H groups in total. The minimum absolute atomic E-state index is 0.143. The van der Waals surface area contributed by atoms with Gasteiger partial charge in [0.05, 0.1) is 11.1 Å². The third-order valence-electron chi connectivity index (χ3n) is 14.3. The van der Waals surface area contributed by atoms with Gasteiger partial charge in [-0.1, -0.05) is 202 Å². The van der Waals surface area contributed by atoms with Crippen molar-refractivity contribution in [3.63, 3.8) is 0 Å². The van der Waals surface area contributed by atoms with Crippen LogP contribution in [0.15, 0.2) is 229 Å². The van der Waals surface area contributed by atoms with Gasteiger partial charge < -0.3 is 9.32 Å². The van der Waals surface area contributed by atoms with Gasteiger partial charge >= 0.3 is 0 Å². The molecule has 0 saturated heterocycles. The molecule has 2 aliphatic rings. The molecule has 2 nitrogen and oxygen atoms in total. The average molecular weight is 818 g/mol. The summed E-state index contributed by atoms with van der Waals surface area (Å²) in [4.78, 5) is 2.45. The van der Waals surface area contributed by atoms with E-state index in [-0.39, 0.29) is 5.41 Å². The molecule has 0 atom stereocenters. The molecule has 2 aliphatic carbocycles. The molecule has 0 unspecified atom stereocenters. The molecule has 0 fully saturated rings. The van der Waals surface area contributed by atoms with Crippen LogP contribution in [-0.2, 0) is 10.8 Å². The second kappa shape index (κ2) is 13.8. The summed E-state index contributed by atoms with van der Waals surface area (Å²) < 4.78 is 7.08. The lowest BCUT2D eigenvalue weighted by molar-refractivity contribution is 0.660. The standard InChI is InChI=1S/C62H43NO/c1-61(2)53-33-16-14-26-44(53)46-37-36-43(38-55(46)61)63(42-24-10-5-11-25-42)56-39-52-58-48(30-19-35-57(58)64-60(52)51-29-13-12-28-47(51)56)50-32-18-31-49-45-27-15-17-34-54(45)62(59(49)50,40-20-6-3-7-21-40)41-22-8-4-9-23-41/h3-39H,1-2H3. The van der Waals surface area contributed by atoms with Crippen molar-refractivity contribution in [1.82, 2.24) is 0 Å². The molecule has 0 radical (unpaired) electrons. The van der Waals surface area contributed by atoms with Gasteiger partial charge in [0.25, 0.3) is 0 Å². The number of rotatable bonds is 6. The number of benzene rings is 10. The summed E-state index contributed by atoms with van der Waals surface area (Å²) in [5.74, 6) is 0. The maximum absolute atomic E-state index is 7.08. The minimum Gasteiger partial charge on any atom is -0.455 e. The van der Waals surface area contributed by atoms with Crippen molar-refractivity contribution in [3.05, 3.63) is 258 Å². The Morgan fingerprint density at radius 3 is 1.62 bits per heavy atom. The molecule has 64 heavy (non-hydrogen) atoms. The van der Waals surface area contributed by atoms with E-state index in [1.807, 2.05) is 0 Å². The van der Waals surface area contributed by atoms with E-state index in [4.69, 9.17) is 4.42 Å². The van der Waals surface area contributed by atoms with Crippen molar-refractivity contribution in [2.75, 3.05) is 4.90 Å². The first-order chi connectivity index (χ1) is 31.5. The van der Waals surface area contributed by atoms with Crippen molar-refractivity contribution in [2.24, 2.45) is 0 Å². The summed E-state index contributed by atoms with van der Waals surface area (Å²) in [6.07, 6.45) is 0. The van der Waals surface area contributed by atoms with E-state index in [9.17, 15) is 0 Å². The number of nitrogens with zero attached hydrogens (tertiary/aromatic N) is 1. The number of furan rings is 1. The zero-order valence-corrected chi connectivity index (χ0v) is 35.7. The highest BCUT2D eigenvalue weighted by molar-refractivity contribution is 6.23. The van der Waals surface area contributed by atoms with Crippen molar-refractivity contribution < 1.29 is 4.42 Å². The summed E-state index contributed by atoms with van der Waals surface area (Å²) in [7, 11) is 0. The van der Waals surface area contributed by atoms with E-state index in [1.54, 1.807) is 0 Å². The molecule has 0 saturated carbocycles. The van der Waals surface area contributed by atoms with Crippen molar-refractivity contribution in [3.8, 4) is 33.4 Å². The summed E-state index contributed by atoms with van der Waals surface area (Å²) in [6.45, 7) is 4.72. The van der Waals surface area contributed by atoms with Crippen LogP contribution in [0.2, 0.25) is 0 Å². The second-order valence-corrected chi connectivity index (χ2v) is 17.9. The lowest BCUT2D eigenvalue weighted by Crippen LogP contribution is -2.29. The van der Waals surface area contributed by atoms with E-state index in [0.717, 1.165) is 55.3 Å². The smallest absolute Gasteiger partial charge is 0.143 e. The Balaban J connectivity index is 1.11. The Morgan fingerprint density at radius 2 is 0.906 bits per heavy atom. The van der Waals surface area contributed by atoms with E-state index in [2.05, 4.69) is 243 Å². The summed E-state index contributed by atoms with van der Waals surface area (Å²) in [5, 5.41) is 4.42. The number of hydrogen-bond donors (Lipinski definition) is 0. The highest BCUT2D eigenvalue weighted by Gasteiger charge is 2.47. The topological polar surface area (TPSA) is 16.4 Å². The monoisotopic (exact) mass is 817 g/mol. The predicted molar refractivity (Wildman–Crippen MR) is 266 cm³/mol. The summed E-state index contributed by atoms with van der Waals surface area (Å²) in [6, 6.07) is 82.6. The molecule has 1 heterocycles. The Labute approximate surface area is 373 Å². The van der Waals surface area contributed by atoms with Gasteiger partial charge in [-0.25, -0.2) is 0 Å². The largest absolute Gasteiger partial charge is 0.455 e. The number of hydrogen-bond acceptors (Lipinski definition) is 2. The molecule has 0 aliphatic heterocycles. The normalized spacial score (nSPS) is 14.0. The van der Waals surface area contributed by atoms with E-state index in [1.165, 1.54) is 61.2 Å². The molecule has 2 heteroatoms. The molecule has 1 aromatic heterocycles. The molecule has 0 amide bonds. The fourth-order valence-corrected chi connectivity index (χ4v) is 11.6. The second-order valence-electron chi connectivity index (χ2n) is 17.9. The Hall–Kier alpha value is -7.94. The molecular formula is C62H43NO. The third-order valence-corrected chi connectivity index (χ3v) is 14.3. The fraction of sp³-hybridized carbons (Fsp3) is 0.0645. The molecule has 0 bridgehead atoms.